The number of hydrogen-bond donors (Lipinski definition) is 1. The standard InChI is InChI=1S/C15H19ClN2O2S/c16-12-3-5-13(6-4-12)21-10-7-14(19)17-11-15(20)18-8-1-2-9-18/h3-6H,1-2,7-11H2,(H,17,19). The van der Waals surface area contributed by atoms with E-state index in [1.807, 2.05) is 29.2 Å². The molecule has 1 heterocycles. The zero-order valence-corrected chi connectivity index (χ0v) is 13.4. The maximum absolute atomic E-state index is 11.8. The minimum absolute atomic E-state index is 0.0196. The molecule has 0 spiro atoms. The highest BCUT2D eigenvalue weighted by Crippen LogP contribution is 2.20. The zero-order chi connectivity index (χ0) is 15.1. The molecule has 2 amide bonds. The lowest BCUT2D eigenvalue weighted by atomic mass is 10.4. The fraction of sp³-hybridized carbons (Fsp3) is 0.467. The summed E-state index contributed by atoms with van der Waals surface area (Å²) in [5, 5.41) is 3.40. The predicted molar refractivity (Wildman–Crippen MR) is 85.6 cm³/mol. The summed E-state index contributed by atoms with van der Waals surface area (Å²) in [5.74, 6) is 0.626. The third-order valence-electron chi connectivity index (χ3n) is 3.31. The molecule has 0 aliphatic carbocycles. The Morgan fingerprint density at radius 3 is 2.52 bits per heavy atom. The maximum atomic E-state index is 11.8. The molecule has 21 heavy (non-hydrogen) atoms. The second kappa shape index (κ2) is 8.29. The van der Waals surface area contributed by atoms with Crippen LogP contribution in [0.4, 0.5) is 0 Å². The minimum Gasteiger partial charge on any atom is -0.347 e. The molecule has 0 atom stereocenters. The largest absolute Gasteiger partial charge is 0.347 e. The summed E-state index contributed by atoms with van der Waals surface area (Å²) in [4.78, 5) is 26.4. The lowest BCUT2D eigenvalue weighted by molar-refractivity contribution is -0.131. The number of nitrogens with one attached hydrogen (secondary N) is 1. The van der Waals surface area contributed by atoms with Gasteiger partial charge in [-0.15, -0.1) is 11.8 Å². The summed E-state index contributed by atoms with van der Waals surface area (Å²) in [7, 11) is 0. The van der Waals surface area contributed by atoms with Gasteiger partial charge in [0.25, 0.3) is 0 Å². The van der Waals surface area contributed by atoms with E-state index in [0.29, 0.717) is 17.2 Å². The quantitative estimate of drug-likeness (QED) is 0.817. The van der Waals surface area contributed by atoms with Gasteiger partial charge in [-0.25, -0.2) is 0 Å². The third kappa shape index (κ3) is 5.59. The number of amides is 2. The van der Waals surface area contributed by atoms with Gasteiger partial charge in [0.2, 0.25) is 11.8 Å². The molecule has 114 valence electrons. The van der Waals surface area contributed by atoms with Crippen molar-refractivity contribution in [1.82, 2.24) is 10.2 Å². The highest BCUT2D eigenvalue weighted by molar-refractivity contribution is 7.99. The van der Waals surface area contributed by atoms with Crippen molar-refractivity contribution in [3.05, 3.63) is 29.3 Å². The van der Waals surface area contributed by atoms with Gasteiger partial charge in [-0.3, -0.25) is 9.59 Å². The van der Waals surface area contributed by atoms with Gasteiger partial charge in [-0.05, 0) is 37.1 Å². The Labute approximate surface area is 134 Å². The lowest BCUT2D eigenvalue weighted by Crippen LogP contribution is -2.38. The molecule has 0 radical (unpaired) electrons. The maximum Gasteiger partial charge on any atom is 0.241 e. The smallest absolute Gasteiger partial charge is 0.241 e. The first-order valence-corrected chi connectivity index (χ1v) is 8.44. The van der Waals surface area contributed by atoms with Gasteiger partial charge in [0.15, 0.2) is 0 Å². The van der Waals surface area contributed by atoms with Gasteiger partial charge in [0.1, 0.15) is 0 Å². The molecule has 1 aromatic carbocycles. The van der Waals surface area contributed by atoms with Crippen LogP contribution in [0.5, 0.6) is 0 Å². The summed E-state index contributed by atoms with van der Waals surface area (Å²) in [6, 6.07) is 7.53. The number of rotatable bonds is 6. The fourth-order valence-electron chi connectivity index (χ4n) is 2.13. The Bertz CT molecular complexity index is 487. The molecule has 4 nitrogen and oxygen atoms in total. The second-order valence-electron chi connectivity index (χ2n) is 4.92. The molecule has 1 aromatic rings. The van der Waals surface area contributed by atoms with Gasteiger partial charge in [0, 0.05) is 35.2 Å². The van der Waals surface area contributed by atoms with Crippen molar-refractivity contribution in [1.29, 1.82) is 0 Å². The molecular formula is C15H19ClN2O2S. The monoisotopic (exact) mass is 326 g/mol. The number of carbonyl (C=O) groups excluding carboxylic acids is 2. The summed E-state index contributed by atoms with van der Waals surface area (Å²) >= 11 is 7.41. The van der Waals surface area contributed by atoms with Crippen LogP contribution in [-0.2, 0) is 9.59 Å². The van der Waals surface area contributed by atoms with E-state index in [0.717, 1.165) is 30.8 Å². The SMILES string of the molecule is O=C(CCSc1ccc(Cl)cc1)NCC(=O)N1CCCC1. The fourth-order valence-corrected chi connectivity index (χ4v) is 3.11. The van der Waals surface area contributed by atoms with Crippen molar-refractivity contribution in [3.8, 4) is 0 Å². The van der Waals surface area contributed by atoms with E-state index in [4.69, 9.17) is 11.6 Å². The minimum atomic E-state index is -0.0796. The Balaban J connectivity index is 1.61. The van der Waals surface area contributed by atoms with Crippen LogP contribution in [0.25, 0.3) is 0 Å². The Hall–Kier alpha value is -1.20. The molecule has 6 heteroatoms. The number of carbonyl (C=O) groups is 2. The first-order valence-electron chi connectivity index (χ1n) is 7.08. The zero-order valence-electron chi connectivity index (χ0n) is 11.8. The summed E-state index contributed by atoms with van der Waals surface area (Å²) < 4.78 is 0. The van der Waals surface area contributed by atoms with Crippen LogP contribution in [0, 0.1) is 0 Å². The van der Waals surface area contributed by atoms with Crippen molar-refractivity contribution in [2.24, 2.45) is 0 Å². The molecule has 1 fully saturated rings. The molecule has 0 unspecified atom stereocenters. The summed E-state index contributed by atoms with van der Waals surface area (Å²) in [6.45, 7) is 1.76. The van der Waals surface area contributed by atoms with Crippen molar-refractivity contribution in [3.63, 3.8) is 0 Å². The predicted octanol–water partition coefficient (Wildman–Crippen LogP) is 2.56. The van der Waals surface area contributed by atoms with Crippen LogP contribution in [0.3, 0.4) is 0 Å². The average Bonchev–Trinajstić information content (AvgIpc) is 3.01. The molecule has 0 aromatic heterocycles. The van der Waals surface area contributed by atoms with Crippen LogP contribution < -0.4 is 5.32 Å². The van der Waals surface area contributed by atoms with E-state index in [2.05, 4.69) is 5.32 Å². The van der Waals surface area contributed by atoms with Crippen LogP contribution in [0.2, 0.25) is 5.02 Å². The molecular weight excluding hydrogens is 308 g/mol. The van der Waals surface area contributed by atoms with Crippen LogP contribution in [0.1, 0.15) is 19.3 Å². The molecule has 1 saturated heterocycles. The molecule has 0 bridgehead atoms. The Morgan fingerprint density at radius 1 is 1.19 bits per heavy atom. The third-order valence-corrected chi connectivity index (χ3v) is 4.57. The van der Waals surface area contributed by atoms with Crippen LogP contribution in [-0.4, -0.2) is 42.1 Å². The topological polar surface area (TPSA) is 49.4 Å². The van der Waals surface area contributed by atoms with Gasteiger partial charge in [-0.1, -0.05) is 11.6 Å². The van der Waals surface area contributed by atoms with Gasteiger partial charge >= 0.3 is 0 Å². The summed E-state index contributed by atoms with van der Waals surface area (Å²) in [6.07, 6.45) is 2.54. The number of halogens is 1. The van der Waals surface area contributed by atoms with Crippen molar-refractivity contribution < 1.29 is 9.59 Å². The Kier molecular flexibility index (Phi) is 6.39. The molecule has 2 rings (SSSR count). The van der Waals surface area contributed by atoms with E-state index in [-0.39, 0.29) is 18.4 Å². The number of nitrogens with zero attached hydrogens (tertiary/aromatic N) is 1. The number of thioether (sulfide) groups is 1. The van der Waals surface area contributed by atoms with Crippen molar-refractivity contribution in [2.75, 3.05) is 25.4 Å². The molecule has 1 aliphatic rings. The molecule has 0 saturated carbocycles. The van der Waals surface area contributed by atoms with E-state index < -0.39 is 0 Å². The summed E-state index contributed by atoms with van der Waals surface area (Å²) in [5.41, 5.74) is 0. The van der Waals surface area contributed by atoms with Crippen LogP contribution in [0.15, 0.2) is 29.2 Å². The second-order valence-corrected chi connectivity index (χ2v) is 6.52. The number of likely N-dealkylation sites (tertiary alicyclic amines) is 1. The highest BCUT2D eigenvalue weighted by Gasteiger charge is 2.17. The Morgan fingerprint density at radius 2 is 1.86 bits per heavy atom. The molecule has 1 aliphatic heterocycles. The average molecular weight is 327 g/mol. The number of hydrogen-bond acceptors (Lipinski definition) is 3. The number of benzene rings is 1. The van der Waals surface area contributed by atoms with Crippen molar-refractivity contribution >= 4 is 35.2 Å². The van der Waals surface area contributed by atoms with Gasteiger partial charge in [-0.2, -0.15) is 0 Å². The molecule has 1 N–H and O–H groups in total. The van der Waals surface area contributed by atoms with E-state index in [1.54, 1.807) is 11.8 Å². The first-order chi connectivity index (χ1) is 10.1. The lowest BCUT2D eigenvalue weighted by Gasteiger charge is -2.15. The first kappa shape index (κ1) is 16.2. The van der Waals surface area contributed by atoms with Crippen LogP contribution >= 0.6 is 23.4 Å². The van der Waals surface area contributed by atoms with Gasteiger partial charge < -0.3 is 10.2 Å². The van der Waals surface area contributed by atoms with Gasteiger partial charge in [0.05, 0.1) is 6.54 Å². The normalized spacial score (nSPS) is 14.2. The highest BCUT2D eigenvalue weighted by atomic mass is 35.5. The van der Waals surface area contributed by atoms with Crippen molar-refractivity contribution in [2.45, 2.75) is 24.2 Å². The van der Waals surface area contributed by atoms with E-state index in [1.165, 1.54) is 0 Å². The van der Waals surface area contributed by atoms with E-state index >= 15 is 0 Å². The van der Waals surface area contributed by atoms with E-state index in [9.17, 15) is 9.59 Å².